The summed E-state index contributed by atoms with van der Waals surface area (Å²) in [7, 11) is 0. The first-order valence-corrected chi connectivity index (χ1v) is 8.43. The van der Waals surface area contributed by atoms with Crippen molar-refractivity contribution >= 4 is 35.0 Å². The van der Waals surface area contributed by atoms with E-state index in [0.717, 1.165) is 16.9 Å². The predicted molar refractivity (Wildman–Crippen MR) is 89.3 cm³/mol. The number of aryl methyl sites for hydroxylation is 1. The average molecular weight is 345 g/mol. The smallest absolute Gasteiger partial charge is 0.244 e. The van der Waals surface area contributed by atoms with Gasteiger partial charge in [-0.15, -0.1) is 0 Å². The van der Waals surface area contributed by atoms with Gasteiger partial charge in [0.15, 0.2) is 0 Å². The van der Waals surface area contributed by atoms with Crippen LogP contribution in [0.25, 0.3) is 0 Å². The summed E-state index contributed by atoms with van der Waals surface area (Å²) in [6, 6.07) is 5.20. The summed E-state index contributed by atoms with van der Waals surface area (Å²) in [6.07, 6.45) is 4.96. The lowest BCUT2D eigenvalue weighted by atomic mass is 9.85. The molecule has 0 aromatic heterocycles. The van der Waals surface area contributed by atoms with E-state index >= 15 is 0 Å². The molecule has 6 heteroatoms. The molecule has 2 fully saturated rings. The number of amides is 3. The van der Waals surface area contributed by atoms with Crippen molar-refractivity contribution in [1.29, 1.82) is 0 Å². The highest BCUT2D eigenvalue weighted by Gasteiger charge is 2.59. The molecular formula is C18H17ClN2O3. The maximum Gasteiger partial charge on any atom is 0.244 e. The number of rotatable bonds is 3. The lowest BCUT2D eigenvalue weighted by molar-refractivity contribution is -0.143. The first-order chi connectivity index (χ1) is 11.5. The molecule has 124 valence electrons. The number of halogens is 1. The second kappa shape index (κ2) is 5.45. The minimum atomic E-state index is -0.392. The van der Waals surface area contributed by atoms with Crippen LogP contribution >= 0.6 is 11.6 Å². The van der Waals surface area contributed by atoms with Gasteiger partial charge in [-0.2, -0.15) is 0 Å². The predicted octanol–water partition coefficient (Wildman–Crippen LogP) is 2.39. The molecule has 24 heavy (non-hydrogen) atoms. The SMILES string of the molecule is Cc1ccc(NC(=O)CN2C(=O)C3C4C=CC(C4)C3C2=O)cc1Cl. The molecule has 2 aliphatic carbocycles. The Kier molecular flexibility index (Phi) is 3.49. The Hall–Kier alpha value is -2.14. The van der Waals surface area contributed by atoms with Crippen molar-refractivity contribution in [3.63, 3.8) is 0 Å². The molecule has 2 bridgehead atoms. The molecule has 1 aromatic rings. The van der Waals surface area contributed by atoms with Gasteiger partial charge in [-0.3, -0.25) is 19.3 Å². The zero-order valence-corrected chi connectivity index (χ0v) is 13.9. The monoisotopic (exact) mass is 344 g/mol. The van der Waals surface area contributed by atoms with E-state index < -0.39 is 5.91 Å². The number of imide groups is 1. The van der Waals surface area contributed by atoms with Crippen molar-refractivity contribution in [2.45, 2.75) is 13.3 Å². The molecular weight excluding hydrogens is 328 g/mol. The van der Waals surface area contributed by atoms with Crippen molar-refractivity contribution in [2.24, 2.45) is 23.7 Å². The van der Waals surface area contributed by atoms with E-state index in [9.17, 15) is 14.4 Å². The van der Waals surface area contributed by atoms with Crippen molar-refractivity contribution in [3.05, 3.63) is 40.9 Å². The fourth-order valence-electron chi connectivity index (χ4n) is 4.13. The van der Waals surface area contributed by atoms with Gasteiger partial charge in [0.1, 0.15) is 6.54 Å². The van der Waals surface area contributed by atoms with Crippen LogP contribution in [-0.2, 0) is 14.4 Å². The average Bonchev–Trinajstić information content (AvgIpc) is 3.21. The van der Waals surface area contributed by atoms with Crippen LogP contribution < -0.4 is 5.32 Å². The summed E-state index contributed by atoms with van der Waals surface area (Å²) in [6.45, 7) is 1.63. The van der Waals surface area contributed by atoms with Crippen LogP contribution in [0.1, 0.15) is 12.0 Å². The van der Waals surface area contributed by atoms with Crippen LogP contribution in [0.3, 0.4) is 0 Å². The van der Waals surface area contributed by atoms with Crippen molar-refractivity contribution in [1.82, 2.24) is 4.90 Å². The Bertz CT molecular complexity index is 758. The van der Waals surface area contributed by atoms with Gasteiger partial charge >= 0.3 is 0 Å². The van der Waals surface area contributed by atoms with Crippen LogP contribution in [0, 0.1) is 30.6 Å². The minimum absolute atomic E-state index is 0.153. The Morgan fingerprint density at radius 2 is 1.83 bits per heavy atom. The lowest BCUT2D eigenvalue weighted by Gasteiger charge is -2.17. The number of fused-ring (bicyclic) bond motifs is 5. The molecule has 5 nitrogen and oxygen atoms in total. The molecule has 0 spiro atoms. The van der Waals surface area contributed by atoms with Gasteiger partial charge in [-0.1, -0.05) is 29.8 Å². The number of hydrogen-bond acceptors (Lipinski definition) is 3. The number of benzene rings is 1. The van der Waals surface area contributed by atoms with Crippen LogP contribution in [0.5, 0.6) is 0 Å². The quantitative estimate of drug-likeness (QED) is 0.676. The van der Waals surface area contributed by atoms with E-state index in [1.165, 1.54) is 0 Å². The third-order valence-electron chi connectivity index (χ3n) is 5.32. The van der Waals surface area contributed by atoms with E-state index in [1.807, 2.05) is 19.1 Å². The molecule has 1 aliphatic heterocycles. The Labute approximate surface area is 144 Å². The van der Waals surface area contributed by atoms with Crippen molar-refractivity contribution in [2.75, 3.05) is 11.9 Å². The normalized spacial score (nSPS) is 30.2. The summed E-state index contributed by atoms with van der Waals surface area (Å²) in [5.74, 6) is -1.04. The summed E-state index contributed by atoms with van der Waals surface area (Å²) < 4.78 is 0. The summed E-state index contributed by atoms with van der Waals surface area (Å²) >= 11 is 6.04. The van der Waals surface area contributed by atoms with Gasteiger partial charge in [0.2, 0.25) is 17.7 Å². The summed E-state index contributed by atoms with van der Waals surface area (Å²) in [5.41, 5.74) is 1.46. The number of likely N-dealkylation sites (tertiary alicyclic amines) is 1. The summed E-state index contributed by atoms with van der Waals surface area (Å²) in [4.78, 5) is 38.4. The van der Waals surface area contributed by atoms with Gasteiger partial charge in [-0.05, 0) is 42.9 Å². The van der Waals surface area contributed by atoms with Crippen molar-refractivity contribution in [3.8, 4) is 0 Å². The number of nitrogens with zero attached hydrogens (tertiary/aromatic N) is 1. The third kappa shape index (κ3) is 2.26. The number of hydrogen-bond donors (Lipinski definition) is 1. The topological polar surface area (TPSA) is 66.5 Å². The molecule has 1 heterocycles. The number of anilines is 1. The number of carbonyl (C=O) groups is 3. The minimum Gasteiger partial charge on any atom is -0.324 e. The molecule has 1 saturated heterocycles. The van der Waals surface area contributed by atoms with Gasteiger partial charge in [0.05, 0.1) is 11.8 Å². The molecule has 4 unspecified atom stereocenters. The van der Waals surface area contributed by atoms with Crippen LogP contribution in [0.4, 0.5) is 5.69 Å². The zero-order valence-electron chi connectivity index (χ0n) is 13.2. The van der Waals surface area contributed by atoms with E-state index in [1.54, 1.807) is 18.2 Å². The number of allylic oxidation sites excluding steroid dienone is 2. The van der Waals surface area contributed by atoms with Crippen LogP contribution in [0.2, 0.25) is 5.02 Å². The van der Waals surface area contributed by atoms with Crippen molar-refractivity contribution < 1.29 is 14.4 Å². The Morgan fingerprint density at radius 1 is 1.21 bits per heavy atom. The highest BCUT2D eigenvalue weighted by atomic mass is 35.5. The van der Waals surface area contributed by atoms with Gasteiger partial charge < -0.3 is 5.32 Å². The van der Waals surface area contributed by atoms with E-state index in [0.29, 0.717) is 10.7 Å². The summed E-state index contributed by atoms with van der Waals surface area (Å²) in [5, 5.41) is 3.25. The molecule has 4 atom stereocenters. The van der Waals surface area contributed by atoms with Crippen LogP contribution in [0.15, 0.2) is 30.4 Å². The maximum absolute atomic E-state index is 12.5. The van der Waals surface area contributed by atoms with E-state index in [4.69, 9.17) is 11.6 Å². The van der Waals surface area contributed by atoms with E-state index in [-0.39, 0.29) is 42.0 Å². The van der Waals surface area contributed by atoms with Gasteiger partial charge in [-0.25, -0.2) is 0 Å². The molecule has 1 saturated carbocycles. The fourth-order valence-corrected chi connectivity index (χ4v) is 4.32. The highest BCUT2D eigenvalue weighted by molar-refractivity contribution is 6.31. The molecule has 3 amide bonds. The lowest BCUT2D eigenvalue weighted by Crippen LogP contribution is -2.39. The van der Waals surface area contributed by atoms with Gasteiger partial charge in [0, 0.05) is 10.7 Å². The Morgan fingerprint density at radius 3 is 2.42 bits per heavy atom. The number of nitrogens with one attached hydrogen (secondary N) is 1. The molecule has 4 rings (SSSR count). The first-order valence-electron chi connectivity index (χ1n) is 8.05. The Balaban J connectivity index is 1.46. The third-order valence-corrected chi connectivity index (χ3v) is 5.73. The molecule has 1 aromatic carbocycles. The second-order valence-electron chi connectivity index (χ2n) is 6.77. The molecule has 3 aliphatic rings. The number of carbonyl (C=O) groups excluding carboxylic acids is 3. The molecule has 1 N–H and O–H groups in total. The zero-order chi connectivity index (χ0) is 17.0. The first kappa shape index (κ1) is 15.4. The maximum atomic E-state index is 12.5. The van der Waals surface area contributed by atoms with Gasteiger partial charge in [0.25, 0.3) is 0 Å². The highest BCUT2D eigenvalue weighted by Crippen LogP contribution is 2.52. The van der Waals surface area contributed by atoms with E-state index in [2.05, 4.69) is 5.32 Å². The van der Waals surface area contributed by atoms with Crippen LogP contribution in [-0.4, -0.2) is 29.2 Å². The standard InChI is InChI=1S/C18H17ClN2O3/c1-9-2-5-12(7-13(9)19)20-14(22)8-21-17(23)15-10-3-4-11(6-10)16(15)18(21)24/h2-5,7,10-11,15-16H,6,8H2,1H3,(H,20,22). The second-order valence-corrected chi connectivity index (χ2v) is 7.18. The fraction of sp³-hybridized carbons (Fsp3) is 0.389. The molecule has 0 radical (unpaired) electrons. The largest absolute Gasteiger partial charge is 0.324 e.